The van der Waals surface area contributed by atoms with Gasteiger partial charge >= 0.3 is 0 Å². The molecule has 0 saturated carbocycles. The van der Waals surface area contributed by atoms with Crippen LogP contribution in [0.5, 0.6) is 11.5 Å². The Morgan fingerprint density at radius 2 is 1.52 bits per heavy atom. The summed E-state index contributed by atoms with van der Waals surface area (Å²) in [5.74, 6) is 1.51. The van der Waals surface area contributed by atoms with Gasteiger partial charge in [0.1, 0.15) is 36.8 Å². The molecule has 6 aromatic rings. The van der Waals surface area contributed by atoms with Gasteiger partial charge in [-0.3, -0.25) is 29.2 Å². The van der Waals surface area contributed by atoms with Crippen LogP contribution in [0.25, 0.3) is 27.4 Å². The van der Waals surface area contributed by atoms with E-state index in [0.29, 0.717) is 70.0 Å². The zero-order valence-electron chi connectivity index (χ0n) is 51.6. The molecule has 4 fully saturated rings. The van der Waals surface area contributed by atoms with Crippen LogP contribution in [0.1, 0.15) is 60.2 Å². The molecule has 6 aliphatic rings. The minimum atomic E-state index is -0.805. The highest BCUT2D eigenvalue weighted by atomic mass is 32.1. The lowest BCUT2D eigenvalue weighted by Gasteiger charge is -2.36. The number of hydrogen-bond donors (Lipinski definition) is 3. The number of anilines is 2. The average Bonchev–Trinajstić information content (AvgIpc) is 1.77. The maximum atomic E-state index is 14.5. The fourth-order valence-corrected chi connectivity index (χ4v) is 14.3. The van der Waals surface area contributed by atoms with Gasteiger partial charge in [-0.05, 0) is 72.4 Å². The second kappa shape index (κ2) is 29.2. The Kier molecular flexibility index (Phi) is 20.4. The number of piperazine rings is 2. The highest BCUT2D eigenvalue weighted by Crippen LogP contribution is 2.38. The number of nitrogens with zero attached hydrogens (tertiary/aromatic N) is 9. The normalized spacial score (nSPS) is 21.6. The maximum Gasteiger partial charge on any atom is 0.246 e. The number of amides is 2. The molecular formula is C69H85N11O8S. The summed E-state index contributed by atoms with van der Waals surface area (Å²) in [4.78, 5) is 57.3. The molecule has 4 aromatic carbocycles. The number of aryl methyl sites for hydroxylation is 1. The van der Waals surface area contributed by atoms with Crippen LogP contribution < -0.4 is 20.1 Å². The lowest BCUT2D eigenvalue weighted by Crippen LogP contribution is -2.54. The molecular weight excluding hydrogens is 1140 g/mol. The number of aliphatic hydroxyl groups excluding tert-OH is 1. The number of aliphatic hydroxyl groups is 1. The number of rotatable bonds is 21. The summed E-state index contributed by atoms with van der Waals surface area (Å²) in [7, 11) is 0. The number of carbonyl (C=O) groups excluding carboxylic acids is 2. The van der Waals surface area contributed by atoms with E-state index in [1.807, 2.05) is 87.0 Å². The standard InChI is InChI=1S/C69H85N11O8S/c1-47(2)65(79-40-54-11-5-6-13-60(54)49(79)4)68(83)80-43-59(81)38-62(80)67(82)71-39-53-15-14-52(66-48(3)72-46-89-66)36-64(53)88-33-27-78-42-57-37-58(78)41-77(57)26-31-84-30-24-75-20-22-76(23-21-75)25-32-87-63-17-16-56-35-55(63)45-86-29-8-7-28-85-44-50-10-9-12-51(34-50)61-18-19-70-69(73-56)74-61/h5-19,34-36,46-47,57-59,62,65,81H,4,20-33,37-45H2,1-3H3,(H,71,82)(H,70,73,74)/b8-7+/t57-,58-,59+,62-,65-/m0/s1. The van der Waals surface area contributed by atoms with Gasteiger partial charge in [0.25, 0.3) is 0 Å². The summed E-state index contributed by atoms with van der Waals surface area (Å²) < 4.78 is 31.3. The lowest BCUT2D eigenvalue weighted by molar-refractivity contribution is -0.143. The van der Waals surface area contributed by atoms with Gasteiger partial charge in [0.05, 0.1) is 67.5 Å². The topological polar surface area (TPSA) is 183 Å². The first-order chi connectivity index (χ1) is 43.5. The van der Waals surface area contributed by atoms with Gasteiger partial charge in [-0.25, -0.2) is 15.0 Å². The molecule has 0 spiro atoms. The molecule has 0 aliphatic carbocycles. The van der Waals surface area contributed by atoms with Crippen molar-refractivity contribution >= 4 is 40.5 Å². The zero-order chi connectivity index (χ0) is 61.2. The van der Waals surface area contributed by atoms with Crippen molar-refractivity contribution in [1.82, 2.24) is 49.7 Å². The Labute approximate surface area is 527 Å². The van der Waals surface area contributed by atoms with Crippen molar-refractivity contribution in [3.63, 3.8) is 0 Å². The number of likely N-dealkylation sites (tertiary alicyclic amines) is 3. The van der Waals surface area contributed by atoms with E-state index in [2.05, 4.69) is 94.1 Å². The van der Waals surface area contributed by atoms with Crippen molar-refractivity contribution < 1.29 is 38.4 Å². The van der Waals surface area contributed by atoms with Gasteiger partial charge in [-0.1, -0.05) is 87.2 Å². The molecule has 20 heteroatoms. The van der Waals surface area contributed by atoms with Crippen molar-refractivity contribution in [2.45, 2.75) is 90.2 Å². The van der Waals surface area contributed by atoms with E-state index in [-0.39, 0.29) is 37.2 Å². The molecule has 0 unspecified atom stereocenters. The van der Waals surface area contributed by atoms with E-state index in [1.54, 1.807) is 22.4 Å². The Bertz CT molecular complexity index is 3450. The number of β-amino-alcohol motifs (C(OH)–C–C–N with tert-alkyl or cyclic N) is 1. The molecule has 2 amide bonds. The van der Waals surface area contributed by atoms with Crippen LogP contribution in [0.2, 0.25) is 0 Å². The van der Waals surface area contributed by atoms with Crippen molar-refractivity contribution in [1.29, 1.82) is 0 Å². The van der Waals surface area contributed by atoms with E-state index < -0.39 is 18.2 Å². The fraction of sp³-hybridized carbons (Fsp3) is 0.464. The Balaban J connectivity index is 0.560. The summed E-state index contributed by atoms with van der Waals surface area (Å²) in [5.41, 5.74) is 12.4. The number of carbonyl (C=O) groups is 2. The molecule has 6 aliphatic heterocycles. The van der Waals surface area contributed by atoms with Crippen LogP contribution in [-0.4, -0.2) is 203 Å². The minimum Gasteiger partial charge on any atom is -0.492 e. The van der Waals surface area contributed by atoms with Gasteiger partial charge in [0.2, 0.25) is 17.8 Å². The third-order valence-electron chi connectivity index (χ3n) is 18.3. The van der Waals surface area contributed by atoms with Crippen molar-refractivity contribution in [3.05, 3.63) is 155 Å². The zero-order valence-corrected chi connectivity index (χ0v) is 52.5. The Hall–Kier alpha value is -7.11. The van der Waals surface area contributed by atoms with Gasteiger partial charge in [0, 0.05) is 143 Å². The highest BCUT2D eigenvalue weighted by Gasteiger charge is 2.45. The van der Waals surface area contributed by atoms with Crippen molar-refractivity contribution in [3.8, 4) is 33.2 Å². The second-order valence-electron chi connectivity index (χ2n) is 24.6. The molecule has 470 valence electrons. The minimum absolute atomic E-state index is 0.0572. The number of ether oxygens (including phenoxy) is 5. The molecule has 12 rings (SSSR count). The maximum absolute atomic E-state index is 14.5. The predicted octanol–water partition coefficient (Wildman–Crippen LogP) is 7.86. The van der Waals surface area contributed by atoms with Crippen molar-refractivity contribution in [2.24, 2.45) is 5.92 Å². The van der Waals surface area contributed by atoms with E-state index in [4.69, 9.17) is 28.7 Å². The van der Waals surface area contributed by atoms with Crippen LogP contribution >= 0.6 is 11.3 Å². The third-order valence-corrected chi connectivity index (χ3v) is 19.2. The number of hydrogen-bond acceptors (Lipinski definition) is 18. The largest absolute Gasteiger partial charge is 0.492 e. The predicted molar refractivity (Wildman–Crippen MR) is 346 cm³/mol. The van der Waals surface area contributed by atoms with E-state index in [1.165, 1.54) is 0 Å². The van der Waals surface area contributed by atoms with Gasteiger partial charge in [0.15, 0.2) is 0 Å². The average molecular weight is 1230 g/mol. The quantitative estimate of drug-likeness (QED) is 0.0467. The summed E-state index contributed by atoms with van der Waals surface area (Å²) in [6.45, 7) is 25.2. The molecule has 8 bridgehead atoms. The first-order valence-electron chi connectivity index (χ1n) is 31.7. The van der Waals surface area contributed by atoms with Crippen LogP contribution in [0.3, 0.4) is 0 Å². The third kappa shape index (κ3) is 15.2. The first-order valence-corrected chi connectivity index (χ1v) is 32.6. The number of aromatic nitrogens is 3. The van der Waals surface area contributed by atoms with Crippen LogP contribution in [0.4, 0.5) is 11.6 Å². The molecule has 89 heavy (non-hydrogen) atoms. The van der Waals surface area contributed by atoms with Crippen LogP contribution in [0.15, 0.2) is 121 Å². The smallest absolute Gasteiger partial charge is 0.246 e. The van der Waals surface area contributed by atoms with Crippen LogP contribution in [-0.2, 0) is 50.1 Å². The van der Waals surface area contributed by atoms with Gasteiger partial charge < -0.3 is 49.2 Å². The molecule has 3 N–H and O–H groups in total. The number of thiazole rings is 1. The number of nitrogens with one attached hydrogen (secondary N) is 2. The Morgan fingerprint density at radius 1 is 0.775 bits per heavy atom. The molecule has 4 saturated heterocycles. The molecule has 0 radical (unpaired) electrons. The van der Waals surface area contributed by atoms with Gasteiger partial charge in [-0.15, -0.1) is 11.3 Å². The monoisotopic (exact) mass is 1230 g/mol. The molecule has 8 heterocycles. The summed E-state index contributed by atoms with van der Waals surface area (Å²) in [5, 5.41) is 17.5. The summed E-state index contributed by atoms with van der Waals surface area (Å²) in [6.07, 6.45) is 6.29. The summed E-state index contributed by atoms with van der Waals surface area (Å²) in [6, 6.07) is 30.1. The number of fused-ring (bicyclic) bond motifs is 10. The highest BCUT2D eigenvalue weighted by molar-refractivity contribution is 7.13. The fourth-order valence-electron chi connectivity index (χ4n) is 13.5. The van der Waals surface area contributed by atoms with E-state index in [9.17, 15) is 14.7 Å². The number of benzene rings is 4. The van der Waals surface area contributed by atoms with Crippen molar-refractivity contribution in [2.75, 3.05) is 117 Å². The lowest BCUT2D eigenvalue weighted by atomic mass is 10.00. The molecule has 2 aromatic heterocycles. The molecule has 19 nitrogen and oxygen atoms in total. The Morgan fingerprint density at radius 3 is 2.28 bits per heavy atom. The SMILES string of the molecule is C=C1c2ccccc2CN1[C@H](C(=O)N1C[C@H](O)C[C@H]1C(=O)NCc1ccc(-c2scnc2C)cc1OCCN1C[C@@H]2C[C@H]1CN2CCOCCN1CCN(CCOc2ccc3cc2COC/C=C/COCc2cccc(c2)-c2ccnc(n2)N3)CC1)C(C)C. The molecule has 5 atom stereocenters. The van der Waals surface area contributed by atoms with E-state index in [0.717, 1.165) is 157 Å². The van der Waals surface area contributed by atoms with Gasteiger partial charge in [-0.2, -0.15) is 0 Å². The second-order valence-corrected chi connectivity index (χ2v) is 25.4. The van der Waals surface area contributed by atoms with E-state index >= 15 is 0 Å². The summed E-state index contributed by atoms with van der Waals surface area (Å²) >= 11 is 1.59. The first kappa shape index (κ1) is 62.1. The van der Waals surface area contributed by atoms with Crippen LogP contribution in [0, 0.1) is 12.8 Å².